The molecule has 0 amide bonds. The quantitative estimate of drug-likeness (QED) is 0.709. The van der Waals surface area contributed by atoms with E-state index in [2.05, 4.69) is 4.37 Å². The molecule has 0 aliphatic rings. The SMILES string of the molecule is FC(F)c1ccc2c(Cl)nsc2c1. The largest absolute Gasteiger partial charge is 0.263 e. The van der Waals surface area contributed by atoms with Crippen LogP contribution in [0.3, 0.4) is 0 Å². The van der Waals surface area contributed by atoms with Gasteiger partial charge in [0.1, 0.15) is 0 Å². The monoisotopic (exact) mass is 219 g/mol. The molecule has 68 valence electrons. The molecule has 0 aliphatic heterocycles. The average molecular weight is 220 g/mol. The first-order chi connectivity index (χ1) is 6.18. The minimum atomic E-state index is -2.44. The number of aromatic nitrogens is 1. The minimum Gasteiger partial charge on any atom is -0.205 e. The Hall–Kier alpha value is -0.740. The van der Waals surface area contributed by atoms with E-state index in [9.17, 15) is 8.78 Å². The second-order valence-corrected chi connectivity index (χ2v) is 3.69. The smallest absolute Gasteiger partial charge is 0.205 e. The van der Waals surface area contributed by atoms with E-state index >= 15 is 0 Å². The van der Waals surface area contributed by atoms with Crippen molar-refractivity contribution in [2.45, 2.75) is 6.43 Å². The van der Waals surface area contributed by atoms with Crippen molar-refractivity contribution < 1.29 is 8.78 Å². The van der Waals surface area contributed by atoms with Crippen LogP contribution in [-0.4, -0.2) is 4.37 Å². The fourth-order valence-electron chi connectivity index (χ4n) is 1.06. The molecule has 0 spiro atoms. The molecule has 1 heterocycles. The average Bonchev–Trinajstić information content (AvgIpc) is 2.47. The molecular formula is C8H4ClF2NS. The predicted octanol–water partition coefficient (Wildman–Crippen LogP) is 3.89. The van der Waals surface area contributed by atoms with Gasteiger partial charge in [-0.25, -0.2) is 8.78 Å². The van der Waals surface area contributed by atoms with Crippen molar-refractivity contribution in [3.05, 3.63) is 28.9 Å². The first kappa shape index (κ1) is 8.84. The van der Waals surface area contributed by atoms with Crippen molar-refractivity contribution in [2.24, 2.45) is 0 Å². The molecule has 2 rings (SSSR count). The lowest BCUT2D eigenvalue weighted by Gasteiger charge is -1.97. The lowest BCUT2D eigenvalue weighted by Crippen LogP contribution is -1.81. The van der Waals surface area contributed by atoms with Crippen LogP contribution in [0, 0.1) is 0 Å². The van der Waals surface area contributed by atoms with Crippen LogP contribution in [0.2, 0.25) is 5.15 Å². The van der Waals surface area contributed by atoms with Gasteiger partial charge in [-0.3, -0.25) is 0 Å². The lowest BCUT2D eigenvalue weighted by molar-refractivity contribution is 0.151. The number of rotatable bonds is 1. The highest BCUT2D eigenvalue weighted by Crippen LogP contribution is 2.30. The fourth-order valence-corrected chi connectivity index (χ4v) is 2.11. The van der Waals surface area contributed by atoms with E-state index in [0.29, 0.717) is 9.85 Å². The van der Waals surface area contributed by atoms with Gasteiger partial charge in [0.05, 0.1) is 4.70 Å². The van der Waals surface area contributed by atoms with Gasteiger partial charge in [0.25, 0.3) is 6.43 Å². The van der Waals surface area contributed by atoms with Gasteiger partial charge in [0.15, 0.2) is 5.15 Å². The first-order valence-electron chi connectivity index (χ1n) is 3.51. The van der Waals surface area contributed by atoms with Crippen molar-refractivity contribution in [1.29, 1.82) is 0 Å². The number of nitrogens with zero attached hydrogens (tertiary/aromatic N) is 1. The van der Waals surface area contributed by atoms with Gasteiger partial charge in [-0.2, -0.15) is 4.37 Å². The highest BCUT2D eigenvalue weighted by Gasteiger charge is 2.10. The molecule has 0 saturated heterocycles. The number of alkyl halides is 2. The summed E-state index contributed by atoms with van der Waals surface area (Å²) in [7, 11) is 0. The Morgan fingerprint density at radius 1 is 1.38 bits per heavy atom. The third-order valence-electron chi connectivity index (χ3n) is 1.70. The van der Waals surface area contributed by atoms with E-state index in [-0.39, 0.29) is 5.56 Å². The molecule has 1 aromatic carbocycles. The summed E-state index contributed by atoms with van der Waals surface area (Å²) in [5.41, 5.74) is 0.00724. The molecule has 0 aliphatic carbocycles. The van der Waals surface area contributed by atoms with Gasteiger partial charge in [-0.15, -0.1) is 0 Å². The maximum Gasteiger partial charge on any atom is 0.263 e. The van der Waals surface area contributed by atoms with Gasteiger partial charge in [-0.1, -0.05) is 17.7 Å². The van der Waals surface area contributed by atoms with Crippen molar-refractivity contribution in [1.82, 2.24) is 4.37 Å². The van der Waals surface area contributed by atoms with Gasteiger partial charge in [0.2, 0.25) is 0 Å². The summed E-state index contributed by atoms with van der Waals surface area (Å²) >= 11 is 6.85. The van der Waals surface area contributed by atoms with Crippen LogP contribution in [-0.2, 0) is 0 Å². The maximum atomic E-state index is 12.3. The van der Waals surface area contributed by atoms with Crippen LogP contribution >= 0.6 is 23.1 Å². The third kappa shape index (κ3) is 1.51. The summed E-state index contributed by atoms with van der Waals surface area (Å²) in [5.74, 6) is 0. The van der Waals surface area contributed by atoms with Crippen LogP contribution in [0.25, 0.3) is 10.1 Å². The van der Waals surface area contributed by atoms with Gasteiger partial charge < -0.3 is 0 Å². The van der Waals surface area contributed by atoms with E-state index in [1.54, 1.807) is 6.07 Å². The van der Waals surface area contributed by atoms with Crippen molar-refractivity contribution in [2.75, 3.05) is 0 Å². The second kappa shape index (κ2) is 3.20. The molecule has 0 saturated carbocycles. The van der Waals surface area contributed by atoms with Gasteiger partial charge in [0, 0.05) is 10.9 Å². The molecule has 1 nitrogen and oxygen atoms in total. The zero-order valence-corrected chi connectivity index (χ0v) is 7.87. The Labute approximate surface area is 82.1 Å². The third-order valence-corrected chi connectivity index (χ3v) is 2.90. The maximum absolute atomic E-state index is 12.3. The first-order valence-corrected chi connectivity index (χ1v) is 4.66. The molecule has 1 aromatic heterocycles. The molecule has 0 fully saturated rings. The standard InChI is InChI=1S/C8H4ClF2NS/c9-7-5-2-1-4(8(10)11)3-6(5)13-12-7/h1-3,8H. The van der Waals surface area contributed by atoms with E-state index in [4.69, 9.17) is 11.6 Å². The van der Waals surface area contributed by atoms with Crippen LogP contribution in [0.4, 0.5) is 8.78 Å². The molecule has 13 heavy (non-hydrogen) atoms. The summed E-state index contributed by atoms with van der Waals surface area (Å²) < 4.78 is 29.1. The minimum absolute atomic E-state index is 0.00724. The summed E-state index contributed by atoms with van der Waals surface area (Å²) in [6, 6.07) is 4.36. The van der Waals surface area contributed by atoms with Crippen molar-refractivity contribution >= 4 is 33.2 Å². The highest BCUT2D eigenvalue weighted by molar-refractivity contribution is 7.13. The molecule has 0 N–H and O–H groups in total. The molecule has 0 bridgehead atoms. The second-order valence-electron chi connectivity index (χ2n) is 2.53. The van der Waals surface area contributed by atoms with E-state index in [0.717, 1.165) is 16.9 Å². The molecule has 0 atom stereocenters. The molecule has 0 unspecified atom stereocenters. The number of benzene rings is 1. The summed E-state index contributed by atoms with van der Waals surface area (Å²) in [4.78, 5) is 0. The van der Waals surface area contributed by atoms with Gasteiger partial charge >= 0.3 is 0 Å². The van der Waals surface area contributed by atoms with Crippen LogP contribution in [0.5, 0.6) is 0 Å². The number of halogens is 3. The topological polar surface area (TPSA) is 12.9 Å². The summed E-state index contributed by atoms with van der Waals surface area (Å²) in [5, 5.41) is 1.11. The van der Waals surface area contributed by atoms with Crippen molar-refractivity contribution in [3.8, 4) is 0 Å². The molecule has 2 aromatic rings. The predicted molar refractivity (Wildman–Crippen MR) is 49.6 cm³/mol. The molecular weight excluding hydrogens is 216 g/mol. The van der Waals surface area contributed by atoms with Gasteiger partial charge in [-0.05, 0) is 23.7 Å². The molecule has 0 radical (unpaired) electrons. The summed E-state index contributed by atoms with van der Waals surface area (Å²) in [6.45, 7) is 0. The van der Waals surface area contributed by atoms with E-state index < -0.39 is 6.43 Å². The van der Waals surface area contributed by atoms with Crippen LogP contribution in [0.1, 0.15) is 12.0 Å². The Bertz CT molecular complexity index is 441. The Morgan fingerprint density at radius 3 is 2.85 bits per heavy atom. The lowest BCUT2D eigenvalue weighted by atomic mass is 10.2. The zero-order valence-electron chi connectivity index (χ0n) is 6.30. The number of fused-ring (bicyclic) bond motifs is 1. The van der Waals surface area contributed by atoms with Crippen LogP contribution < -0.4 is 0 Å². The van der Waals surface area contributed by atoms with Crippen molar-refractivity contribution in [3.63, 3.8) is 0 Å². The number of hydrogen-bond donors (Lipinski definition) is 0. The normalized spacial score (nSPS) is 11.4. The highest BCUT2D eigenvalue weighted by atomic mass is 35.5. The molecule has 5 heteroatoms. The Kier molecular flexibility index (Phi) is 2.17. The zero-order chi connectivity index (χ0) is 9.42. The Balaban J connectivity index is 2.63. The number of hydrogen-bond acceptors (Lipinski definition) is 2. The Morgan fingerprint density at radius 2 is 2.15 bits per heavy atom. The van der Waals surface area contributed by atoms with E-state index in [1.807, 2.05) is 0 Å². The fraction of sp³-hybridized carbons (Fsp3) is 0.125. The van der Waals surface area contributed by atoms with Crippen LogP contribution in [0.15, 0.2) is 18.2 Å². The van der Waals surface area contributed by atoms with E-state index in [1.165, 1.54) is 12.1 Å². The summed E-state index contributed by atoms with van der Waals surface area (Å²) in [6.07, 6.45) is -2.44.